The number of non-ortho nitro benzene ring substituents is 1. The van der Waals surface area contributed by atoms with Crippen molar-refractivity contribution in [1.82, 2.24) is 9.80 Å². The number of fused-ring (bicyclic) bond motifs is 2. The average molecular weight is 605 g/mol. The van der Waals surface area contributed by atoms with Gasteiger partial charge in [-0.05, 0) is 44.2 Å². The summed E-state index contributed by atoms with van der Waals surface area (Å²) in [5.41, 5.74) is 1.46. The van der Waals surface area contributed by atoms with E-state index in [9.17, 15) is 24.5 Å². The molecule has 0 spiro atoms. The minimum Gasteiger partial charge on any atom is -0.462 e. The van der Waals surface area contributed by atoms with Crippen molar-refractivity contribution in [3.05, 3.63) is 54.2 Å². The van der Waals surface area contributed by atoms with Gasteiger partial charge in [0, 0.05) is 53.3 Å². The molecule has 10 nitrogen and oxygen atoms in total. The number of nitro benzene ring substituents is 1. The third kappa shape index (κ3) is 5.85. The minimum absolute atomic E-state index is 0.0519. The van der Waals surface area contributed by atoms with Crippen LogP contribution in [0.3, 0.4) is 0 Å². The summed E-state index contributed by atoms with van der Waals surface area (Å²) in [5, 5.41) is 15.5. The van der Waals surface area contributed by atoms with Crippen LogP contribution in [0.25, 0.3) is 10.1 Å². The summed E-state index contributed by atoms with van der Waals surface area (Å²) in [5.74, 6) is -0.827. The third-order valence-electron chi connectivity index (χ3n) is 7.20. The first-order valence-corrected chi connectivity index (χ1v) is 15.3. The molecule has 0 unspecified atom stereocenters. The molecule has 0 radical (unpaired) electrons. The van der Waals surface area contributed by atoms with Crippen LogP contribution in [0.4, 0.5) is 10.7 Å². The van der Waals surface area contributed by atoms with Gasteiger partial charge in [0.25, 0.3) is 11.6 Å². The number of carbonyl (C=O) groups excluding carboxylic acids is 3. The highest BCUT2D eigenvalue weighted by atomic mass is 35.5. The molecule has 1 fully saturated rings. The smallest absolute Gasteiger partial charge is 0.341 e. The second-order valence-electron chi connectivity index (χ2n) is 9.79. The van der Waals surface area contributed by atoms with Crippen LogP contribution in [-0.2, 0) is 22.4 Å². The van der Waals surface area contributed by atoms with Gasteiger partial charge in [0.15, 0.2) is 0 Å². The van der Waals surface area contributed by atoms with E-state index in [1.165, 1.54) is 23.5 Å². The van der Waals surface area contributed by atoms with Crippen LogP contribution in [0.5, 0.6) is 0 Å². The van der Waals surface area contributed by atoms with Gasteiger partial charge in [-0.2, -0.15) is 0 Å². The SMILES string of the molecule is CCOC(=O)c1c(NC(=O)CN2CCN(C(=O)c3sc4cc([N+](=O)[O-])ccc4c3Cl)CC2)sc2c1CCCCC2. The first kappa shape index (κ1) is 28.5. The quantitative estimate of drug-likeness (QED) is 0.167. The molecular formula is C27H29ClN4O6S2. The highest BCUT2D eigenvalue weighted by molar-refractivity contribution is 7.21. The van der Waals surface area contributed by atoms with E-state index in [0.29, 0.717) is 56.7 Å². The molecule has 2 amide bonds. The van der Waals surface area contributed by atoms with Crippen LogP contribution in [0.2, 0.25) is 5.02 Å². The summed E-state index contributed by atoms with van der Waals surface area (Å²) in [6.45, 7) is 4.01. The summed E-state index contributed by atoms with van der Waals surface area (Å²) >= 11 is 9.10. The fourth-order valence-electron chi connectivity index (χ4n) is 5.18. The Labute approximate surface area is 244 Å². The monoisotopic (exact) mass is 604 g/mol. The Morgan fingerprint density at radius 3 is 2.58 bits per heavy atom. The van der Waals surface area contributed by atoms with Crippen molar-refractivity contribution >= 4 is 72.8 Å². The molecule has 0 bridgehead atoms. The number of ether oxygens (including phenoxy) is 1. The van der Waals surface area contributed by atoms with Crippen molar-refractivity contribution in [2.75, 3.05) is 44.6 Å². The number of esters is 1. The Hall–Kier alpha value is -3.06. The number of hydrogen-bond donors (Lipinski definition) is 1. The number of carbonyl (C=O) groups is 3. The molecule has 0 saturated carbocycles. The van der Waals surface area contributed by atoms with E-state index >= 15 is 0 Å². The Morgan fingerprint density at radius 1 is 1.10 bits per heavy atom. The molecule has 2 aromatic heterocycles. The summed E-state index contributed by atoms with van der Waals surface area (Å²) in [4.78, 5) is 54.8. The molecule has 1 N–H and O–H groups in total. The standard InChI is InChI=1S/C27H29ClN4O6S2/c1-2-38-27(35)22-17-6-4-3-5-7-19(17)40-25(22)29-21(33)15-30-10-12-31(13-11-30)26(34)24-23(28)18-9-8-16(32(36)37)14-20(18)39-24/h8-9,14H,2-7,10-13,15H2,1H3,(H,29,33). The molecule has 1 aromatic carbocycles. The number of amides is 2. The number of nitrogens with zero attached hydrogens (tertiary/aromatic N) is 3. The number of nitro groups is 1. The van der Waals surface area contributed by atoms with Gasteiger partial charge in [0.2, 0.25) is 5.91 Å². The number of hydrogen-bond acceptors (Lipinski definition) is 9. The lowest BCUT2D eigenvalue weighted by Gasteiger charge is -2.34. The number of nitrogens with one attached hydrogen (secondary N) is 1. The highest BCUT2D eigenvalue weighted by Crippen LogP contribution is 2.39. The molecular weight excluding hydrogens is 576 g/mol. The Kier molecular flexibility index (Phi) is 8.69. The van der Waals surface area contributed by atoms with Gasteiger partial charge in [-0.3, -0.25) is 24.6 Å². The zero-order chi connectivity index (χ0) is 28.4. The second kappa shape index (κ2) is 12.2. The maximum absolute atomic E-state index is 13.2. The molecule has 1 aliphatic heterocycles. The number of piperazine rings is 1. The molecule has 1 aliphatic carbocycles. The van der Waals surface area contributed by atoms with Crippen LogP contribution in [0.1, 0.15) is 56.7 Å². The third-order valence-corrected chi connectivity index (χ3v) is 10.1. The number of thiophene rings is 2. The van der Waals surface area contributed by atoms with E-state index in [1.807, 2.05) is 4.90 Å². The number of anilines is 1. The Morgan fingerprint density at radius 2 is 1.85 bits per heavy atom. The fraction of sp³-hybridized carbons (Fsp3) is 0.444. The van der Waals surface area contributed by atoms with Gasteiger partial charge < -0.3 is 15.0 Å². The normalized spacial score (nSPS) is 15.9. The van der Waals surface area contributed by atoms with Gasteiger partial charge in [-0.1, -0.05) is 18.0 Å². The highest BCUT2D eigenvalue weighted by Gasteiger charge is 2.29. The molecule has 3 heterocycles. The molecule has 5 rings (SSSR count). The van der Waals surface area contributed by atoms with E-state index in [1.54, 1.807) is 17.9 Å². The zero-order valence-corrected chi connectivity index (χ0v) is 24.4. The van der Waals surface area contributed by atoms with Gasteiger partial charge in [0.05, 0.1) is 28.7 Å². The van der Waals surface area contributed by atoms with Gasteiger partial charge >= 0.3 is 5.97 Å². The number of rotatable bonds is 7. The van der Waals surface area contributed by atoms with E-state index in [2.05, 4.69) is 5.32 Å². The lowest BCUT2D eigenvalue weighted by molar-refractivity contribution is -0.384. The summed E-state index contributed by atoms with van der Waals surface area (Å²) in [7, 11) is 0. The first-order valence-electron chi connectivity index (χ1n) is 13.3. The summed E-state index contributed by atoms with van der Waals surface area (Å²) in [6.07, 6.45) is 4.92. The molecule has 1 saturated heterocycles. The van der Waals surface area contributed by atoms with Crippen molar-refractivity contribution in [3.63, 3.8) is 0 Å². The van der Waals surface area contributed by atoms with E-state index in [0.717, 1.165) is 53.9 Å². The maximum Gasteiger partial charge on any atom is 0.341 e. The maximum atomic E-state index is 13.2. The molecule has 3 aromatic rings. The summed E-state index contributed by atoms with van der Waals surface area (Å²) < 4.78 is 5.90. The first-order chi connectivity index (χ1) is 19.3. The van der Waals surface area contributed by atoms with Crippen molar-refractivity contribution in [2.45, 2.75) is 39.0 Å². The molecule has 2 aliphatic rings. The number of aryl methyl sites for hydroxylation is 1. The van der Waals surface area contributed by atoms with Gasteiger partial charge in [0.1, 0.15) is 9.88 Å². The van der Waals surface area contributed by atoms with Crippen molar-refractivity contribution in [3.8, 4) is 0 Å². The van der Waals surface area contributed by atoms with Gasteiger partial charge in [-0.25, -0.2) is 4.79 Å². The predicted molar refractivity (Wildman–Crippen MR) is 156 cm³/mol. The molecule has 13 heteroatoms. The zero-order valence-electron chi connectivity index (χ0n) is 22.0. The fourth-order valence-corrected chi connectivity index (χ4v) is 7.98. The van der Waals surface area contributed by atoms with E-state index in [-0.39, 0.29) is 36.6 Å². The van der Waals surface area contributed by atoms with Crippen LogP contribution < -0.4 is 5.32 Å². The predicted octanol–water partition coefficient (Wildman–Crippen LogP) is 5.37. The van der Waals surface area contributed by atoms with Gasteiger partial charge in [-0.15, -0.1) is 22.7 Å². The van der Waals surface area contributed by atoms with Crippen molar-refractivity contribution in [2.24, 2.45) is 0 Å². The lowest BCUT2D eigenvalue weighted by atomic mass is 10.1. The Balaban J connectivity index is 1.21. The Bertz CT molecular complexity index is 1480. The van der Waals surface area contributed by atoms with Crippen molar-refractivity contribution < 1.29 is 24.0 Å². The largest absolute Gasteiger partial charge is 0.462 e. The molecule has 0 atom stereocenters. The average Bonchev–Trinajstić information content (AvgIpc) is 3.35. The van der Waals surface area contributed by atoms with Crippen LogP contribution in [-0.4, -0.2) is 71.8 Å². The second-order valence-corrected chi connectivity index (χ2v) is 12.3. The van der Waals surface area contributed by atoms with Crippen molar-refractivity contribution in [1.29, 1.82) is 0 Å². The van der Waals surface area contributed by atoms with Crippen LogP contribution in [0.15, 0.2) is 18.2 Å². The summed E-state index contributed by atoms with van der Waals surface area (Å²) in [6, 6.07) is 4.37. The lowest BCUT2D eigenvalue weighted by Crippen LogP contribution is -2.50. The molecule has 40 heavy (non-hydrogen) atoms. The molecule has 212 valence electrons. The van der Waals surface area contributed by atoms with Crippen LogP contribution >= 0.6 is 34.3 Å². The van der Waals surface area contributed by atoms with E-state index in [4.69, 9.17) is 16.3 Å². The van der Waals surface area contributed by atoms with E-state index < -0.39 is 4.92 Å². The van der Waals surface area contributed by atoms with Crippen LogP contribution in [0, 0.1) is 10.1 Å². The topological polar surface area (TPSA) is 122 Å². The minimum atomic E-state index is -0.477. The number of benzene rings is 1. The number of halogens is 1.